The van der Waals surface area contributed by atoms with Crippen LogP contribution < -0.4 is 5.32 Å². The van der Waals surface area contributed by atoms with Crippen molar-refractivity contribution in [1.82, 2.24) is 15.2 Å². The van der Waals surface area contributed by atoms with Gasteiger partial charge in [-0.05, 0) is 62.8 Å². The van der Waals surface area contributed by atoms with E-state index < -0.39 is 0 Å². The fraction of sp³-hybridized carbons (Fsp3) is 0.577. The molecule has 1 aromatic carbocycles. The van der Waals surface area contributed by atoms with Crippen LogP contribution in [0.15, 0.2) is 24.3 Å². The van der Waals surface area contributed by atoms with Crippen LogP contribution in [0.3, 0.4) is 0 Å². The zero-order chi connectivity index (χ0) is 23.4. The third-order valence-corrected chi connectivity index (χ3v) is 8.43. The van der Waals surface area contributed by atoms with Gasteiger partial charge in [-0.1, -0.05) is 32.6 Å². The fourth-order valence-electron chi connectivity index (χ4n) is 5.03. The maximum Gasteiger partial charge on any atom is 0.265 e. The van der Waals surface area contributed by atoms with Crippen LogP contribution in [0.4, 0.5) is 4.39 Å². The summed E-state index contributed by atoms with van der Waals surface area (Å²) < 4.78 is 13.2. The highest BCUT2D eigenvalue weighted by atomic mass is 32.1. The van der Waals surface area contributed by atoms with Crippen molar-refractivity contribution in [2.75, 3.05) is 13.1 Å². The van der Waals surface area contributed by atoms with E-state index in [0.717, 1.165) is 36.3 Å². The van der Waals surface area contributed by atoms with Crippen LogP contribution in [0.5, 0.6) is 0 Å². The highest BCUT2D eigenvalue weighted by Gasteiger charge is 2.32. The zero-order valence-electron chi connectivity index (χ0n) is 19.6. The highest BCUT2D eigenvalue weighted by Crippen LogP contribution is 2.31. The predicted octanol–water partition coefficient (Wildman–Crippen LogP) is 5.58. The van der Waals surface area contributed by atoms with Gasteiger partial charge in [-0.25, -0.2) is 9.37 Å². The lowest BCUT2D eigenvalue weighted by molar-refractivity contribution is -0.127. The van der Waals surface area contributed by atoms with Gasteiger partial charge in [0.05, 0.1) is 5.69 Å². The summed E-state index contributed by atoms with van der Waals surface area (Å²) in [6, 6.07) is 6.52. The Kier molecular flexibility index (Phi) is 7.78. The molecule has 0 spiro atoms. The Bertz CT molecular complexity index is 958. The number of hydrogen-bond acceptors (Lipinski definition) is 4. The van der Waals surface area contributed by atoms with Crippen LogP contribution in [0.25, 0.3) is 10.6 Å². The monoisotopic (exact) mass is 471 g/mol. The third kappa shape index (κ3) is 5.81. The van der Waals surface area contributed by atoms with Crippen molar-refractivity contribution < 1.29 is 14.0 Å². The number of carbonyl (C=O) groups is 2. The molecule has 5 nitrogen and oxygen atoms in total. The molecule has 1 unspecified atom stereocenters. The van der Waals surface area contributed by atoms with Crippen LogP contribution in [0.2, 0.25) is 0 Å². The molecule has 178 valence electrons. The van der Waals surface area contributed by atoms with Crippen molar-refractivity contribution in [1.29, 1.82) is 0 Å². The predicted molar refractivity (Wildman–Crippen MR) is 130 cm³/mol. The Labute approximate surface area is 199 Å². The summed E-state index contributed by atoms with van der Waals surface area (Å²) in [4.78, 5) is 33.1. The molecule has 1 aliphatic heterocycles. The zero-order valence-corrected chi connectivity index (χ0v) is 20.4. The molecule has 33 heavy (non-hydrogen) atoms. The second kappa shape index (κ2) is 10.8. The van der Waals surface area contributed by atoms with Gasteiger partial charge in [0.2, 0.25) is 5.91 Å². The molecule has 2 fully saturated rings. The fourth-order valence-corrected chi connectivity index (χ4v) is 6.07. The number of aromatic nitrogens is 1. The van der Waals surface area contributed by atoms with Crippen LogP contribution >= 0.6 is 11.3 Å². The molecule has 1 saturated heterocycles. The van der Waals surface area contributed by atoms with E-state index in [1.807, 2.05) is 18.7 Å². The number of nitrogens with zero attached hydrogens (tertiary/aromatic N) is 2. The van der Waals surface area contributed by atoms with E-state index in [9.17, 15) is 14.0 Å². The Morgan fingerprint density at radius 2 is 1.70 bits per heavy atom. The van der Waals surface area contributed by atoms with E-state index in [-0.39, 0.29) is 23.5 Å². The number of rotatable bonds is 5. The Morgan fingerprint density at radius 3 is 2.33 bits per heavy atom. The molecule has 2 aliphatic rings. The average molecular weight is 472 g/mol. The number of carbonyl (C=O) groups excluding carboxylic acids is 2. The number of likely N-dealkylation sites (tertiary alicyclic amines) is 1. The summed E-state index contributed by atoms with van der Waals surface area (Å²) in [5.74, 6) is 0.169. The summed E-state index contributed by atoms with van der Waals surface area (Å²) in [6.07, 6.45) is 8.85. The van der Waals surface area contributed by atoms with Crippen molar-refractivity contribution in [2.45, 2.75) is 71.3 Å². The number of hydrogen-bond donors (Lipinski definition) is 1. The molecule has 1 aliphatic carbocycles. The smallest absolute Gasteiger partial charge is 0.265 e. The number of benzene rings is 1. The average Bonchev–Trinajstić information content (AvgIpc) is 3.03. The molecule has 0 bridgehead atoms. The molecule has 2 aromatic rings. The van der Waals surface area contributed by atoms with Crippen LogP contribution in [0, 0.1) is 24.6 Å². The lowest BCUT2D eigenvalue weighted by Gasteiger charge is -2.34. The van der Waals surface area contributed by atoms with Crippen LogP contribution in [0.1, 0.15) is 73.7 Å². The molecule has 0 radical (unpaired) electrons. The summed E-state index contributed by atoms with van der Waals surface area (Å²) in [5.41, 5.74) is 1.53. The second-order valence-electron chi connectivity index (χ2n) is 9.56. The second-order valence-corrected chi connectivity index (χ2v) is 10.6. The molecule has 1 atom stereocenters. The lowest BCUT2D eigenvalue weighted by atomic mass is 9.84. The highest BCUT2D eigenvalue weighted by molar-refractivity contribution is 7.17. The van der Waals surface area contributed by atoms with Gasteiger partial charge in [-0.15, -0.1) is 11.3 Å². The van der Waals surface area contributed by atoms with Crippen LogP contribution in [-0.2, 0) is 4.79 Å². The van der Waals surface area contributed by atoms with Gasteiger partial charge in [0.1, 0.15) is 15.7 Å². The van der Waals surface area contributed by atoms with Crippen LogP contribution in [-0.4, -0.2) is 40.8 Å². The molecule has 2 amide bonds. The van der Waals surface area contributed by atoms with Gasteiger partial charge in [0.25, 0.3) is 5.91 Å². The van der Waals surface area contributed by atoms with Gasteiger partial charge < -0.3 is 10.2 Å². The van der Waals surface area contributed by atoms with Gasteiger partial charge >= 0.3 is 0 Å². The first-order valence-corrected chi connectivity index (χ1v) is 13.1. The maximum absolute atomic E-state index is 13.2. The molecule has 4 rings (SSSR count). The summed E-state index contributed by atoms with van der Waals surface area (Å²) in [5, 5.41) is 4.03. The number of amides is 2. The topological polar surface area (TPSA) is 62.3 Å². The minimum atomic E-state index is -0.289. The quantitative estimate of drug-likeness (QED) is 0.579. The van der Waals surface area contributed by atoms with Gasteiger partial charge in [-0.3, -0.25) is 9.59 Å². The SMILES string of the molecule is Cc1nc(-c2ccc(F)cc2)sc1C(=O)N1CCC(C(C)C(=O)NC2CCCCCC2)CC1. The first kappa shape index (κ1) is 23.9. The molecular weight excluding hydrogens is 437 g/mol. The van der Waals surface area contributed by atoms with Gasteiger partial charge in [0, 0.05) is 30.6 Å². The van der Waals surface area contributed by atoms with E-state index >= 15 is 0 Å². The number of halogens is 1. The van der Waals surface area contributed by atoms with Crippen molar-refractivity contribution >= 4 is 23.2 Å². The van der Waals surface area contributed by atoms with E-state index in [1.54, 1.807) is 12.1 Å². The molecule has 1 N–H and O–H groups in total. The number of piperidine rings is 1. The van der Waals surface area contributed by atoms with Crippen molar-refractivity contribution in [3.05, 3.63) is 40.7 Å². The number of nitrogens with one attached hydrogen (secondary N) is 1. The van der Waals surface area contributed by atoms with Crippen molar-refractivity contribution in [3.8, 4) is 10.6 Å². The lowest BCUT2D eigenvalue weighted by Crippen LogP contribution is -2.44. The maximum atomic E-state index is 13.2. The molecule has 2 heterocycles. The van der Waals surface area contributed by atoms with E-state index in [4.69, 9.17) is 0 Å². The third-order valence-electron chi connectivity index (χ3n) is 7.23. The largest absolute Gasteiger partial charge is 0.353 e. The van der Waals surface area contributed by atoms with Crippen molar-refractivity contribution in [3.63, 3.8) is 0 Å². The summed E-state index contributed by atoms with van der Waals surface area (Å²) in [6.45, 7) is 5.21. The minimum Gasteiger partial charge on any atom is -0.353 e. The van der Waals surface area contributed by atoms with Crippen molar-refractivity contribution in [2.24, 2.45) is 11.8 Å². The molecule has 1 saturated carbocycles. The number of thiazole rings is 1. The molecular formula is C26H34FN3O2S. The first-order valence-electron chi connectivity index (χ1n) is 12.3. The molecule has 7 heteroatoms. The van der Waals surface area contributed by atoms with E-state index in [2.05, 4.69) is 10.3 Å². The minimum absolute atomic E-state index is 0.00683. The first-order chi connectivity index (χ1) is 15.9. The Morgan fingerprint density at radius 1 is 1.06 bits per heavy atom. The van der Waals surface area contributed by atoms with Gasteiger partial charge in [0.15, 0.2) is 0 Å². The van der Waals surface area contributed by atoms with Gasteiger partial charge in [-0.2, -0.15) is 0 Å². The Balaban J connectivity index is 1.32. The molecule has 1 aromatic heterocycles. The summed E-state index contributed by atoms with van der Waals surface area (Å²) >= 11 is 1.36. The normalized spacial score (nSPS) is 19.2. The van der Waals surface area contributed by atoms with E-state index in [1.165, 1.54) is 49.2 Å². The summed E-state index contributed by atoms with van der Waals surface area (Å²) in [7, 11) is 0. The Hall–Kier alpha value is -2.28. The number of aryl methyl sites for hydroxylation is 1. The standard InChI is InChI=1S/C26H34FN3O2S/c1-17(24(31)29-22-7-5-3-4-6-8-22)19-13-15-30(16-14-19)26(32)23-18(2)28-25(33-23)20-9-11-21(27)12-10-20/h9-12,17,19,22H,3-8,13-16H2,1-2H3,(H,29,31). The van der Waals surface area contributed by atoms with E-state index in [0.29, 0.717) is 35.6 Å².